The standard InChI is InChI=1S/C23H35BrN2O6/c1-4-9-14(3)25(10-5-2)21(29)19-23-13-15(24)18(32-23)16(22(30)31)17(23)20(28)26(19)11-7-6-8-12-27/h5,14-19,27H,2,4,6-13H2,1,3H3,(H,30,31)/t14?,15?,16-,17+,18-,19?,23?/m1/s1. The molecule has 180 valence electrons. The highest BCUT2D eigenvalue weighted by atomic mass is 79.9. The molecule has 2 amide bonds. The number of unbranched alkanes of at least 4 members (excludes halogenated alkanes) is 2. The van der Waals surface area contributed by atoms with Crippen LogP contribution in [0.2, 0.25) is 0 Å². The van der Waals surface area contributed by atoms with E-state index in [1.54, 1.807) is 15.9 Å². The van der Waals surface area contributed by atoms with Crippen LogP contribution in [0.5, 0.6) is 0 Å². The number of amides is 2. The van der Waals surface area contributed by atoms with Crippen molar-refractivity contribution in [2.75, 3.05) is 19.7 Å². The molecule has 3 aliphatic heterocycles. The van der Waals surface area contributed by atoms with Crippen molar-refractivity contribution < 1.29 is 29.3 Å². The van der Waals surface area contributed by atoms with E-state index in [9.17, 15) is 19.5 Å². The monoisotopic (exact) mass is 514 g/mol. The fraction of sp³-hybridized carbons (Fsp3) is 0.783. The first-order chi connectivity index (χ1) is 15.2. The fourth-order valence-electron chi connectivity index (χ4n) is 5.86. The molecule has 3 fully saturated rings. The molecule has 7 atom stereocenters. The minimum atomic E-state index is -1.14. The molecule has 0 aromatic heterocycles. The van der Waals surface area contributed by atoms with Crippen LogP contribution in [-0.4, -0.2) is 86.1 Å². The minimum Gasteiger partial charge on any atom is -0.481 e. The van der Waals surface area contributed by atoms with E-state index in [0.29, 0.717) is 38.8 Å². The topological polar surface area (TPSA) is 107 Å². The van der Waals surface area contributed by atoms with Gasteiger partial charge in [-0.05, 0) is 39.0 Å². The Morgan fingerprint density at radius 1 is 1.41 bits per heavy atom. The third-order valence-corrected chi connectivity index (χ3v) is 8.06. The number of nitrogens with zero attached hydrogens (tertiary/aromatic N) is 2. The first-order valence-electron chi connectivity index (χ1n) is 11.6. The van der Waals surface area contributed by atoms with Crippen molar-refractivity contribution in [3.05, 3.63) is 12.7 Å². The Hall–Kier alpha value is -1.45. The maximum Gasteiger partial charge on any atom is 0.310 e. The zero-order valence-electron chi connectivity index (χ0n) is 18.9. The molecule has 0 aliphatic carbocycles. The number of hydrogen-bond acceptors (Lipinski definition) is 5. The van der Waals surface area contributed by atoms with Gasteiger partial charge in [0.25, 0.3) is 0 Å². The number of aliphatic carboxylic acids is 1. The van der Waals surface area contributed by atoms with Crippen molar-refractivity contribution >= 4 is 33.7 Å². The van der Waals surface area contributed by atoms with Crippen LogP contribution in [-0.2, 0) is 19.1 Å². The van der Waals surface area contributed by atoms with Crippen LogP contribution in [0.15, 0.2) is 12.7 Å². The third kappa shape index (κ3) is 4.12. The van der Waals surface area contributed by atoms with E-state index in [4.69, 9.17) is 9.84 Å². The largest absolute Gasteiger partial charge is 0.481 e. The lowest BCUT2D eigenvalue weighted by atomic mass is 9.70. The molecular weight excluding hydrogens is 480 g/mol. The number of alkyl halides is 1. The molecule has 8 nitrogen and oxygen atoms in total. The second kappa shape index (κ2) is 10.2. The van der Waals surface area contributed by atoms with E-state index < -0.39 is 35.6 Å². The number of aliphatic hydroxyl groups excluding tert-OH is 1. The summed E-state index contributed by atoms with van der Waals surface area (Å²) in [6, 6.07) is -0.899. The van der Waals surface area contributed by atoms with Gasteiger partial charge in [0.15, 0.2) is 0 Å². The second-order valence-corrected chi connectivity index (χ2v) is 10.4. The summed E-state index contributed by atoms with van der Waals surface area (Å²) in [7, 11) is 0. The SMILES string of the molecule is C=CCN(C(=O)C1N(CCCCCO)C(=O)[C@@H]2[C@@H](C(=O)O)[C@@H]3OC12CC3Br)C(C)CCC. The molecule has 2 N–H and O–H groups in total. The lowest BCUT2D eigenvalue weighted by Crippen LogP contribution is -2.58. The van der Waals surface area contributed by atoms with Crippen molar-refractivity contribution in [2.24, 2.45) is 11.8 Å². The van der Waals surface area contributed by atoms with Crippen LogP contribution < -0.4 is 0 Å². The van der Waals surface area contributed by atoms with Gasteiger partial charge in [0.1, 0.15) is 11.6 Å². The van der Waals surface area contributed by atoms with Crippen molar-refractivity contribution in [3.63, 3.8) is 0 Å². The summed E-state index contributed by atoms with van der Waals surface area (Å²) in [5.41, 5.74) is -1.14. The summed E-state index contributed by atoms with van der Waals surface area (Å²) in [6.45, 7) is 8.61. The zero-order chi connectivity index (χ0) is 23.6. The van der Waals surface area contributed by atoms with Crippen LogP contribution >= 0.6 is 15.9 Å². The summed E-state index contributed by atoms with van der Waals surface area (Å²) < 4.78 is 6.30. The summed E-state index contributed by atoms with van der Waals surface area (Å²) in [4.78, 5) is 42.8. The summed E-state index contributed by atoms with van der Waals surface area (Å²) in [5, 5.41) is 19.0. The van der Waals surface area contributed by atoms with Gasteiger partial charge in [0.05, 0.1) is 17.9 Å². The lowest BCUT2D eigenvalue weighted by molar-refractivity contribution is -0.151. The number of halogens is 1. The van der Waals surface area contributed by atoms with Gasteiger partial charge < -0.3 is 24.7 Å². The van der Waals surface area contributed by atoms with E-state index in [2.05, 4.69) is 29.4 Å². The molecule has 0 radical (unpaired) electrons. The number of ether oxygens (including phenoxy) is 1. The molecule has 32 heavy (non-hydrogen) atoms. The van der Waals surface area contributed by atoms with Crippen LogP contribution in [0, 0.1) is 11.8 Å². The normalized spacial score (nSPS) is 33.9. The summed E-state index contributed by atoms with van der Waals surface area (Å²) in [6.07, 6.45) is 5.16. The Balaban J connectivity index is 2.00. The van der Waals surface area contributed by atoms with Crippen molar-refractivity contribution in [1.82, 2.24) is 9.80 Å². The molecule has 3 rings (SSSR count). The Morgan fingerprint density at radius 3 is 2.72 bits per heavy atom. The van der Waals surface area contributed by atoms with E-state index in [1.165, 1.54) is 0 Å². The zero-order valence-corrected chi connectivity index (χ0v) is 20.5. The molecule has 3 saturated heterocycles. The maximum absolute atomic E-state index is 14.0. The highest BCUT2D eigenvalue weighted by molar-refractivity contribution is 9.09. The average Bonchev–Trinajstić information content (AvgIpc) is 3.33. The van der Waals surface area contributed by atoms with Crippen LogP contribution in [0.1, 0.15) is 52.4 Å². The molecule has 0 aromatic rings. The fourth-order valence-corrected chi connectivity index (χ4v) is 6.80. The molecular formula is C23H35BrN2O6. The predicted octanol–water partition coefficient (Wildman–Crippen LogP) is 2.18. The van der Waals surface area contributed by atoms with Gasteiger partial charge in [0.2, 0.25) is 11.8 Å². The number of carboxylic acid groups (broad SMARTS) is 1. The van der Waals surface area contributed by atoms with Crippen molar-refractivity contribution in [1.29, 1.82) is 0 Å². The predicted molar refractivity (Wildman–Crippen MR) is 122 cm³/mol. The number of aliphatic hydroxyl groups is 1. The quantitative estimate of drug-likeness (QED) is 0.235. The first-order valence-corrected chi connectivity index (χ1v) is 12.5. The Bertz CT molecular complexity index is 748. The smallest absolute Gasteiger partial charge is 0.310 e. The van der Waals surface area contributed by atoms with Gasteiger partial charge >= 0.3 is 5.97 Å². The highest BCUT2D eigenvalue weighted by Gasteiger charge is 2.76. The number of carbonyl (C=O) groups is 3. The average molecular weight is 515 g/mol. The second-order valence-electron chi connectivity index (χ2n) is 9.23. The molecule has 9 heteroatoms. The number of likely N-dealkylation sites (tertiary alicyclic amines) is 1. The Labute approximate surface area is 198 Å². The molecule has 3 aliphatic rings. The van der Waals surface area contributed by atoms with Crippen LogP contribution in [0.4, 0.5) is 0 Å². The highest BCUT2D eigenvalue weighted by Crippen LogP contribution is 2.60. The lowest BCUT2D eigenvalue weighted by Gasteiger charge is -2.39. The van der Waals surface area contributed by atoms with Gasteiger partial charge in [-0.1, -0.05) is 35.4 Å². The maximum atomic E-state index is 14.0. The number of fused-ring (bicyclic) bond motifs is 1. The van der Waals surface area contributed by atoms with Crippen LogP contribution in [0.25, 0.3) is 0 Å². The van der Waals surface area contributed by atoms with Gasteiger partial charge in [-0.25, -0.2) is 0 Å². The number of carbonyl (C=O) groups excluding carboxylic acids is 2. The number of hydrogen-bond donors (Lipinski definition) is 2. The van der Waals surface area contributed by atoms with E-state index in [-0.39, 0.29) is 29.3 Å². The van der Waals surface area contributed by atoms with Crippen molar-refractivity contribution in [2.45, 2.75) is 81.0 Å². The molecule has 1 spiro atoms. The van der Waals surface area contributed by atoms with Crippen molar-refractivity contribution in [3.8, 4) is 0 Å². The summed E-state index contributed by atoms with van der Waals surface area (Å²) in [5.74, 6) is -3.40. The third-order valence-electron chi connectivity index (χ3n) is 7.21. The molecule has 0 saturated carbocycles. The number of carboxylic acids is 1. The van der Waals surface area contributed by atoms with Gasteiger partial charge in [-0.15, -0.1) is 6.58 Å². The van der Waals surface area contributed by atoms with Gasteiger partial charge in [0, 0.05) is 30.6 Å². The van der Waals surface area contributed by atoms with E-state index in [0.717, 1.165) is 12.8 Å². The minimum absolute atomic E-state index is 0.0408. The Morgan fingerprint density at radius 2 is 2.12 bits per heavy atom. The molecule has 2 bridgehead atoms. The van der Waals surface area contributed by atoms with E-state index >= 15 is 0 Å². The van der Waals surface area contributed by atoms with E-state index in [1.807, 2.05) is 6.92 Å². The van der Waals surface area contributed by atoms with Gasteiger partial charge in [-0.3, -0.25) is 14.4 Å². The number of rotatable bonds is 12. The molecule has 3 heterocycles. The van der Waals surface area contributed by atoms with Gasteiger partial charge in [-0.2, -0.15) is 0 Å². The first kappa shape index (κ1) is 25.2. The van der Waals surface area contributed by atoms with Crippen LogP contribution in [0.3, 0.4) is 0 Å². The Kier molecular flexibility index (Phi) is 8.04. The summed E-state index contributed by atoms with van der Waals surface area (Å²) >= 11 is 3.56. The molecule has 4 unspecified atom stereocenters. The molecule has 0 aromatic carbocycles.